The normalized spacial score (nSPS) is 19.3. The third-order valence-electron chi connectivity index (χ3n) is 7.95. The zero-order valence-corrected chi connectivity index (χ0v) is 23.5. The number of rotatable bonds is 6. The van der Waals surface area contributed by atoms with E-state index in [1.807, 2.05) is 42.2 Å². The highest BCUT2D eigenvalue weighted by atomic mass is 16.2. The molecule has 0 spiro atoms. The molecule has 1 aliphatic heterocycles. The zero-order chi connectivity index (χ0) is 28.8. The van der Waals surface area contributed by atoms with E-state index in [2.05, 4.69) is 20.5 Å². The molecule has 41 heavy (non-hydrogen) atoms. The lowest BCUT2D eigenvalue weighted by Gasteiger charge is -2.28. The van der Waals surface area contributed by atoms with Gasteiger partial charge in [-0.1, -0.05) is 17.7 Å². The maximum absolute atomic E-state index is 13.3. The molecule has 2 fully saturated rings. The van der Waals surface area contributed by atoms with Gasteiger partial charge in [0.15, 0.2) is 0 Å². The van der Waals surface area contributed by atoms with Crippen LogP contribution in [-0.4, -0.2) is 65.9 Å². The highest BCUT2D eigenvalue weighted by Gasteiger charge is 2.24. The quantitative estimate of drug-likeness (QED) is 0.424. The predicted octanol–water partition coefficient (Wildman–Crippen LogP) is 3.99. The number of carbonyl (C=O) groups is 3. The van der Waals surface area contributed by atoms with Crippen LogP contribution in [0.1, 0.15) is 68.7 Å². The van der Waals surface area contributed by atoms with Gasteiger partial charge in [-0.2, -0.15) is 0 Å². The molecule has 214 valence electrons. The Morgan fingerprint density at radius 2 is 1.59 bits per heavy atom. The lowest BCUT2D eigenvalue weighted by Crippen LogP contribution is -2.40. The number of amides is 3. The highest BCUT2D eigenvalue weighted by Crippen LogP contribution is 2.30. The van der Waals surface area contributed by atoms with Gasteiger partial charge in [0.1, 0.15) is 0 Å². The lowest BCUT2D eigenvalue weighted by atomic mass is 9.91. The molecule has 2 aliphatic rings. The van der Waals surface area contributed by atoms with Crippen molar-refractivity contribution in [1.29, 1.82) is 0 Å². The summed E-state index contributed by atoms with van der Waals surface area (Å²) in [6.07, 6.45) is 7.56. The molecule has 0 radical (unpaired) electrons. The Bertz CT molecular complexity index is 1390. The highest BCUT2D eigenvalue weighted by molar-refractivity contribution is 6.07. The number of aryl methyl sites for hydroxylation is 1. The first-order valence-electron chi connectivity index (χ1n) is 14.4. The Labute approximate surface area is 241 Å². The maximum Gasteiger partial charge on any atom is 0.255 e. The van der Waals surface area contributed by atoms with Crippen LogP contribution in [0.5, 0.6) is 0 Å². The molecule has 1 aromatic heterocycles. The fourth-order valence-electron chi connectivity index (χ4n) is 5.60. The van der Waals surface area contributed by atoms with Gasteiger partial charge in [-0.3, -0.25) is 19.4 Å². The van der Waals surface area contributed by atoms with Gasteiger partial charge >= 0.3 is 0 Å². The van der Waals surface area contributed by atoms with Gasteiger partial charge in [0.05, 0.1) is 11.4 Å². The van der Waals surface area contributed by atoms with E-state index in [9.17, 15) is 14.4 Å². The van der Waals surface area contributed by atoms with Crippen molar-refractivity contribution >= 4 is 29.1 Å². The zero-order valence-electron chi connectivity index (χ0n) is 23.5. The number of benzene rings is 2. The second kappa shape index (κ2) is 13.0. The van der Waals surface area contributed by atoms with Crippen LogP contribution in [0.2, 0.25) is 0 Å². The van der Waals surface area contributed by atoms with Crippen molar-refractivity contribution in [3.8, 4) is 0 Å². The number of nitrogens with zero attached hydrogens (tertiary/aromatic N) is 3. The van der Waals surface area contributed by atoms with Crippen LogP contribution < -0.4 is 21.3 Å². The van der Waals surface area contributed by atoms with E-state index in [1.165, 1.54) is 0 Å². The molecule has 1 saturated carbocycles. The van der Waals surface area contributed by atoms with Crippen LogP contribution in [0.15, 0.2) is 67.0 Å². The minimum absolute atomic E-state index is 0.0158. The molecule has 1 saturated heterocycles. The summed E-state index contributed by atoms with van der Waals surface area (Å²) < 4.78 is 0. The molecule has 4 N–H and O–H groups in total. The molecular formula is C32H38N6O3. The molecular weight excluding hydrogens is 516 g/mol. The largest absolute Gasteiger partial charge is 0.368 e. The first-order chi connectivity index (χ1) is 19.9. The first kappa shape index (κ1) is 28.3. The van der Waals surface area contributed by atoms with Gasteiger partial charge < -0.3 is 26.2 Å². The van der Waals surface area contributed by atoms with Crippen molar-refractivity contribution in [3.05, 3.63) is 89.2 Å². The molecule has 1 aliphatic carbocycles. The van der Waals surface area contributed by atoms with E-state index in [4.69, 9.17) is 5.73 Å². The van der Waals surface area contributed by atoms with Crippen LogP contribution in [0.3, 0.4) is 0 Å². The summed E-state index contributed by atoms with van der Waals surface area (Å²) in [5.74, 6) is -0.413. The minimum atomic E-state index is -0.238. The summed E-state index contributed by atoms with van der Waals surface area (Å²) in [5.41, 5.74) is 10.1. The molecule has 0 atom stereocenters. The smallest absolute Gasteiger partial charge is 0.255 e. The van der Waals surface area contributed by atoms with Crippen molar-refractivity contribution in [2.24, 2.45) is 5.73 Å². The standard InChI is InChI=1S/C32H38N6O3/c1-22-4-2-5-24(20-22)31(40)36-28-21-25(30(39)35-27-9-7-26(33)8-10-27)6-11-29(28)37-16-3-17-38(19-18-37)32(41)23-12-14-34-15-13-23/h2,4-6,11-15,20-21,26-27H,3,7-10,16-19,33H2,1H3,(H,35,39)(H,36,40). The summed E-state index contributed by atoms with van der Waals surface area (Å²) in [5, 5.41) is 6.22. The van der Waals surface area contributed by atoms with Gasteiger partial charge in [0.25, 0.3) is 17.7 Å². The van der Waals surface area contributed by atoms with E-state index < -0.39 is 0 Å². The van der Waals surface area contributed by atoms with E-state index in [0.29, 0.717) is 48.6 Å². The Morgan fingerprint density at radius 1 is 0.829 bits per heavy atom. The molecule has 0 unspecified atom stereocenters. The van der Waals surface area contributed by atoms with Crippen LogP contribution in [-0.2, 0) is 0 Å². The minimum Gasteiger partial charge on any atom is -0.368 e. The van der Waals surface area contributed by atoms with Crippen LogP contribution in [0, 0.1) is 6.92 Å². The number of anilines is 2. The third-order valence-corrected chi connectivity index (χ3v) is 7.95. The number of hydrogen-bond donors (Lipinski definition) is 3. The van der Waals surface area contributed by atoms with Gasteiger partial charge in [0, 0.05) is 67.3 Å². The van der Waals surface area contributed by atoms with Gasteiger partial charge in [-0.05, 0) is 81.5 Å². The molecule has 9 nitrogen and oxygen atoms in total. The van der Waals surface area contributed by atoms with E-state index >= 15 is 0 Å². The predicted molar refractivity (Wildman–Crippen MR) is 160 cm³/mol. The number of pyridine rings is 1. The lowest BCUT2D eigenvalue weighted by molar-refractivity contribution is 0.0766. The molecule has 9 heteroatoms. The summed E-state index contributed by atoms with van der Waals surface area (Å²) >= 11 is 0. The van der Waals surface area contributed by atoms with Crippen LogP contribution in [0.4, 0.5) is 11.4 Å². The van der Waals surface area contributed by atoms with Gasteiger partial charge in [-0.15, -0.1) is 0 Å². The second-order valence-corrected chi connectivity index (χ2v) is 11.0. The van der Waals surface area contributed by atoms with Crippen molar-refractivity contribution in [2.75, 3.05) is 36.4 Å². The van der Waals surface area contributed by atoms with Crippen LogP contribution >= 0.6 is 0 Å². The van der Waals surface area contributed by atoms with Gasteiger partial charge in [0.2, 0.25) is 0 Å². The fourth-order valence-corrected chi connectivity index (χ4v) is 5.60. The molecule has 5 rings (SSSR count). The Balaban J connectivity index is 1.36. The van der Waals surface area contributed by atoms with Gasteiger partial charge in [-0.25, -0.2) is 0 Å². The number of nitrogens with one attached hydrogen (secondary N) is 2. The fraction of sp³-hybridized carbons (Fsp3) is 0.375. The van der Waals surface area contributed by atoms with Crippen LogP contribution in [0.25, 0.3) is 0 Å². The average molecular weight is 555 g/mol. The maximum atomic E-state index is 13.3. The van der Waals surface area contributed by atoms with Crippen molar-refractivity contribution < 1.29 is 14.4 Å². The van der Waals surface area contributed by atoms with E-state index in [0.717, 1.165) is 43.4 Å². The summed E-state index contributed by atoms with van der Waals surface area (Å²) in [6, 6.07) is 16.7. The summed E-state index contributed by atoms with van der Waals surface area (Å²) in [7, 11) is 0. The number of nitrogens with two attached hydrogens (primary N) is 1. The third kappa shape index (κ3) is 7.10. The first-order valence-corrected chi connectivity index (χ1v) is 14.4. The topological polar surface area (TPSA) is 121 Å². The number of hydrogen-bond acceptors (Lipinski definition) is 6. The summed E-state index contributed by atoms with van der Waals surface area (Å²) in [4.78, 5) is 47.6. The molecule has 3 aromatic rings. The van der Waals surface area contributed by atoms with Crippen molar-refractivity contribution in [2.45, 2.75) is 51.1 Å². The molecule has 0 bridgehead atoms. The van der Waals surface area contributed by atoms with Crippen molar-refractivity contribution in [3.63, 3.8) is 0 Å². The number of aromatic nitrogens is 1. The Morgan fingerprint density at radius 3 is 2.34 bits per heavy atom. The molecule has 2 aromatic carbocycles. The molecule has 3 amide bonds. The van der Waals surface area contributed by atoms with E-state index in [1.54, 1.807) is 36.7 Å². The monoisotopic (exact) mass is 554 g/mol. The van der Waals surface area contributed by atoms with Crippen molar-refractivity contribution in [1.82, 2.24) is 15.2 Å². The SMILES string of the molecule is Cc1cccc(C(=O)Nc2cc(C(=O)NC3CCC(N)CC3)ccc2N2CCCN(C(=O)c3ccncc3)CC2)c1. The number of carbonyl (C=O) groups excluding carboxylic acids is 3. The second-order valence-electron chi connectivity index (χ2n) is 11.0. The average Bonchev–Trinajstić information content (AvgIpc) is 3.25. The molecule has 2 heterocycles. The Kier molecular flexibility index (Phi) is 8.94. The summed E-state index contributed by atoms with van der Waals surface area (Å²) in [6.45, 7) is 4.42. The Hall–Kier alpha value is -4.24. The van der Waals surface area contributed by atoms with E-state index in [-0.39, 0.29) is 29.8 Å².